The van der Waals surface area contributed by atoms with E-state index in [1.807, 2.05) is 13.8 Å². The van der Waals surface area contributed by atoms with Gasteiger partial charge in [-0.05, 0) is 24.5 Å². The summed E-state index contributed by atoms with van der Waals surface area (Å²) in [6, 6.07) is 4.17. The topological polar surface area (TPSA) is 84.5 Å². The van der Waals surface area contributed by atoms with E-state index < -0.39 is 28.1 Å². The Labute approximate surface area is 159 Å². The highest BCUT2D eigenvalue weighted by Gasteiger charge is 2.24. The standard InChI is InChI=1S/C16H24Cl2N2O4S/c1-10(2)7-14(20-25(4,22)23)16(21)19-9-15(24-3)12-6-5-11(17)8-13(12)18/h5-6,8,10,14-15,20H,7,9H2,1-4H3,(H,19,21). The molecule has 0 aromatic heterocycles. The molecule has 25 heavy (non-hydrogen) atoms. The summed E-state index contributed by atoms with van der Waals surface area (Å²) in [4.78, 5) is 12.4. The van der Waals surface area contributed by atoms with Crippen LogP contribution in [-0.4, -0.2) is 40.3 Å². The molecule has 9 heteroatoms. The van der Waals surface area contributed by atoms with Gasteiger partial charge in [0, 0.05) is 29.3 Å². The Balaban J connectivity index is 2.81. The van der Waals surface area contributed by atoms with Crippen molar-refractivity contribution in [2.24, 2.45) is 5.92 Å². The normalized spacial score (nSPS) is 14.4. The Hall–Kier alpha value is -0.860. The molecular formula is C16H24Cl2N2O4S. The third kappa shape index (κ3) is 7.92. The number of methoxy groups -OCH3 is 1. The maximum Gasteiger partial charge on any atom is 0.238 e. The predicted octanol–water partition coefficient (Wildman–Crippen LogP) is 2.76. The van der Waals surface area contributed by atoms with Crippen LogP contribution in [0.3, 0.4) is 0 Å². The van der Waals surface area contributed by atoms with Crippen LogP contribution in [0, 0.1) is 5.92 Å². The Kier molecular flexibility index (Phi) is 8.63. The minimum Gasteiger partial charge on any atom is -0.375 e. The third-order valence-electron chi connectivity index (χ3n) is 3.44. The molecule has 2 N–H and O–H groups in total. The lowest BCUT2D eigenvalue weighted by Crippen LogP contribution is -2.47. The van der Waals surface area contributed by atoms with Gasteiger partial charge in [0.05, 0.1) is 6.26 Å². The molecule has 0 heterocycles. The van der Waals surface area contributed by atoms with Crippen molar-refractivity contribution < 1.29 is 17.9 Å². The van der Waals surface area contributed by atoms with Crippen molar-refractivity contribution in [3.8, 4) is 0 Å². The number of nitrogens with one attached hydrogen (secondary N) is 2. The first kappa shape index (κ1) is 22.2. The van der Waals surface area contributed by atoms with Gasteiger partial charge in [0.2, 0.25) is 15.9 Å². The van der Waals surface area contributed by atoms with Gasteiger partial charge in [-0.25, -0.2) is 13.1 Å². The molecule has 142 valence electrons. The lowest BCUT2D eigenvalue weighted by molar-refractivity contribution is -0.123. The Morgan fingerprint density at radius 3 is 2.40 bits per heavy atom. The summed E-state index contributed by atoms with van der Waals surface area (Å²) in [6.07, 6.45) is 0.934. The summed E-state index contributed by atoms with van der Waals surface area (Å²) < 4.78 is 30.7. The summed E-state index contributed by atoms with van der Waals surface area (Å²) in [5.41, 5.74) is 0.686. The second-order valence-electron chi connectivity index (χ2n) is 6.21. The maximum absolute atomic E-state index is 12.4. The Bertz CT molecular complexity index is 695. The third-order valence-corrected chi connectivity index (χ3v) is 4.71. The molecule has 0 saturated heterocycles. The molecule has 1 aromatic rings. The number of carbonyl (C=O) groups excluding carboxylic acids is 1. The maximum atomic E-state index is 12.4. The number of hydrogen-bond acceptors (Lipinski definition) is 4. The molecule has 1 aromatic carbocycles. The highest BCUT2D eigenvalue weighted by Crippen LogP contribution is 2.27. The van der Waals surface area contributed by atoms with Gasteiger partial charge in [-0.2, -0.15) is 0 Å². The van der Waals surface area contributed by atoms with Gasteiger partial charge in [-0.1, -0.05) is 43.1 Å². The summed E-state index contributed by atoms with van der Waals surface area (Å²) in [6.45, 7) is 3.97. The highest BCUT2D eigenvalue weighted by atomic mass is 35.5. The summed E-state index contributed by atoms with van der Waals surface area (Å²) in [5, 5.41) is 3.65. The van der Waals surface area contributed by atoms with E-state index in [1.54, 1.807) is 18.2 Å². The molecule has 0 aliphatic heterocycles. The molecule has 6 nitrogen and oxygen atoms in total. The minimum atomic E-state index is -3.50. The Morgan fingerprint density at radius 1 is 1.28 bits per heavy atom. The van der Waals surface area contributed by atoms with E-state index >= 15 is 0 Å². The number of halogens is 2. The minimum absolute atomic E-state index is 0.147. The largest absolute Gasteiger partial charge is 0.375 e. The monoisotopic (exact) mass is 410 g/mol. The molecule has 1 rings (SSSR count). The zero-order valence-corrected chi connectivity index (χ0v) is 17.0. The van der Waals surface area contributed by atoms with Crippen LogP contribution in [0.15, 0.2) is 18.2 Å². The first-order chi connectivity index (χ1) is 11.5. The van der Waals surface area contributed by atoms with E-state index in [9.17, 15) is 13.2 Å². The van der Waals surface area contributed by atoms with Crippen molar-refractivity contribution in [1.82, 2.24) is 10.0 Å². The first-order valence-corrected chi connectivity index (χ1v) is 10.4. The van der Waals surface area contributed by atoms with Gasteiger partial charge in [0.25, 0.3) is 0 Å². The molecule has 0 fully saturated rings. The van der Waals surface area contributed by atoms with Gasteiger partial charge in [0.15, 0.2) is 0 Å². The molecule has 0 radical (unpaired) electrons. The average Bonchev–Trinajstić information content (AvgIpc) is 2.46. The van der Waals surface area contributed by atoms with Gasteiger partial charge in [0.1, 0.15) is 12.1 Å². The average molecular weight is 411 g/mol. The van der Waals surface area contributed by atoms with E-state index in [4.69, 9.17) is 27.9 Å². The SMILES string of the molecule is COC(CNC(=O)C(CC(C)C)NS(C)(=O)=O)c1ccc(Cl)cc1Cl. The van der Waals surface area contributed by atoms with Crippen LogP contribution in [-0.2, 0) is 19.6 Å². The zero-order valence-electron chi connectivity index (χ0n) is 14.7. The van der Waals surface area contributed by atoms with Gasteiger partial charge in [-0.15, -0.1) is 0 Å². The molecule has 0 spiro atoms. The van der Waals surface area contributed by atoms with Crippen molar-refractivity contribution >= 4 is 39.1 Å². The van der Waals surface area contributed by atoms with Crippen LogP contribution in [0.1, 0.15) is 31.9 Å². The fourth-order valence-electron chi connectivity index (χ4n) is 2.34. The number of carbonyl (C=O) groups is 1. The highest BCUT2D eigenvalue weighted by molar-refractivity contribution is 7.88. The van der Waals surface area contributed by atoms with E-state index in [2.05, 4.69) is 10.0 Å². The molecular weight excluding hydrogens is 387 g/mol. The number of benzene rings is 1. The summed E-state index contributed by atoms with van der Waals surface area (Å²) in [7, 11) is -2.00. The van der Waals surface area contributed by atoms with E-state index in [0.29, 0.717) is 22.0 Å². The molecule has 2 unspecified atom stereocenters. The number of hydrogen-bond donors (Lipinski definition) is 2. The van der Waals surface area contributed by atoms with Crippen LogP contribution < -0.4 is 10.0 Å². The van der Waals surface area contributed by atoms with Crippen LogP contribution in [0.25, 0.3) is 0 Å². The molecule has 0 aliphatic rings. The van der Waals surface area contributed by atoms with Crippen LogP contribution in [0.4, 0.5) is 0 Å². The molecule has 0 aliphatic carbocycles. The summed E-state index contributed by atoms with van der Waals surface area (Å²) >= 11 is 12.1. The van der Waals surface area contributed by atoms with E-state index in [1.165, 1.54) is 7.11 Å². The lowest BCUT2D eigenvalue weighted by atomic mass is 10.0. The van der Waals surface area contributed by atoms with Crippen molar-refractivity contribution in [1.29, 1.82) is 0 Å². The van der Waals surface area contributed by atoms with Crippen molar-refractivity contribution in [3.05, 3.63) is 33.8 Å². The first-order valence-electron chi connectivity index (χ1n) is 7.76. The molecule has 1 amide bonds. The lowest BCUT2D eigenvalue weighted by Gasteiger charge is -2.22. The fourth-order valence-corrected chi connectivity index (χ4v) is 3.59. The quantitative estimate of drug-likeness (QED) is 0.655. The van der Waals surface area contributed by atoms with Crippen molar-refractivity contribution in [3.63, 3.8) is 0 Å². The van der Waals surface area contributed by atoms with Crippen molar-refractivity contribution in [2.75, 3.05) is 19.9 Å². The van der Waals surface area contributed by atoms with Crippen molar-refractivity contribution in [2.45, 2.75) is 32.4 Å². The number of amides is 1. The van der Waals surface area contributed by atoms with Crippen LogP contribution >= 0.6 is 23.2 Å². The van der Waals surface area contributed by atoms with E-state index in [-0.39, 0.29) is 12.5 Å². The predicted molar refractivity (Wildman–Crippen MR) is 100 cm³/mol. The van der Waals surface area contributed by atoms with E-state index in [0.717, 1.165) is 6.26 Å². The van der Waals surface area contributed by atoms with Gasteiger partial charge in [-0.3, -0.25) is 4.79 Å². The molecule has 2 atom stereocenters. The number of sulfonamides is 1. The second-order valence-corrected chi connectivity index (χ2v) is 8.83. The van der Waals surface area contributed by atoms with Crippen LogP contribution in [0.2, 0.25) is 10.0 Å². The van der Waals surface area contributed by atoms with Gasteiger partial charge < -0.3 is 10.1 Å². The molecule has 0 saturated carbocycles. The fraction of sp³-hybridized carbons (Fsp3) is 0.562. The Morgan fingerprint density at radius 2 is 1.92 bits per heavy atom. The van der Waals surface area contributed by atoms with Crippen LogP contribution in [0.5, 0.6) is 0 Å². The smallest absolute Gasteiger partial charge is 0.238 e. The van der Waals surface area contributed by atoms with Gasteiger partial charge >= 0.3 is 0 Å². The number of ether oxygens (including phenoxy) is 1. The number of rotatable bonds is 9. The molecule has 0 bridgehead atoms. The summed E-state index contributed by atoms with van der Waals surface area (Å²) in [5.74, 6) is -0.264. The zero-order chi connectivity index (χ0) is 19.2. The second kappa shape index (κ2) is 9.73.